The van der Waals surface area contributed by atoms with E-state index in [1.54, 1.807) is 24.3 Å². The third-order valence-electron chi connectivity index (χ3n) is 2.57. The maximum absolute atomic E-state index is 11.7. The molecule has 1 aromatic heterocycles. The summed E-state index contributed by atoms with van der Waals surface area (Å²) in [5.74, 6) is -1.11. The number of aromatic nitrogens is 1. The third-order valence-corrected chi connectivity index (χ3v) is 2.57. The Bertz CT molecular complexity index is 645. The first-order valence-electron chi connectivity index (χ1n) is 5.28. The molecule has 0 saturated carbocycles. The highest BCUT2D eigenvalue weighted by atomic mass is 16.4. The molecule has 0 radical (unpaired) electrons. The first-order chi connectivity index (χ1) is 8.61. The topological polar surface area (TPSA) is 90.4 Å². The quantitative estimate of drug-likeness (QED) is 0.758. The molecule has 18 heavy (non-hydrogen) atoms. The molecule has 92 valence electrons. The fourth-order valence-electron chi connectivity index (χ4n) is 1.66. The number of hydrogen-bond donors (Lipinski definition) is 3. The van der Waals surface area contributed by atoms with Gasteiger partial charge in [0.15, 0.2) is 0 Å². The van der Waals surface area contributed by atoms with Crippen molar-refractivity contribution in [2.75, 3.05) is 0 Å². The average Bonchev–Trinajstić information content (AvgIpc) is 2.39. The molecule has 0 amide bonds. The predicted octanol–water partition coefficient (Wildman–Crippen LogP) is 1.23. The highest BCUT2D eigenvalue weighted by Gasteiger charge is 2.09. The molecule has 0 fully saturated rings. The number of carboxylic acid groups (broad SMARTS) is 1. The third kappa shape index (κ3) is 2.31. The summed E-state index contributed by atoms with van der Waals surface area (Å²) in [6, 6.07) is 8.08. The summed E-state index contributed by atoms with van der Waals surface area (Å²) in [5.41, 5.74) is 1.15. The maximum atomic E-state index is 11.7. The first-order valence-corrected chi connectivity index (χ1v) is 5.28. The molecule has 0 aliphatic carbocycles. The van der Waals surface area contributed by atoms with Crippen LogP contribution >= 0.6 is 0 Å². The van der Waals surface area contributed by atoms with Gasteiger partial charge in [0.05, 0.1) is 12.2 Å². The number of aromatic carboxylic acids is 1. The van der Waals surface area contributed by atoms with E-state index in [2.05, 4.69) is 4.98 Å². The second-order valence-corrected chi connectivity index (χ2v) is 3.79. The zero-order chi connectivity index (χ0) is 13.1. The van der Waals surface area contributed by atoms with Crippen LogP contribution in [0.4, 0.5) is 0 Å². The normalized spacial score (nSPS) is 10.3. The average molecular weight is 245 g/mol. The van der Waals surface area contributed by atoms with Gasteiger partial charge in [-0.25, -0.2) is 4.79 Å². The van der Waals surface area contributed by atoms with Crippen molar-refractivity contribution in [3.8, 4) is 11.1 Å². The van der Waals surface area contributed by atoms with Gasteiger partial charge in [-0.3, -0.25) is 4.79 Å². The minimum atomic E-state index is -1.11. The lowest BCUT2D eigenvalue weighted by molar-refractivity contribution is 0.0696. The van der Waals surface area contributed by atoms with Crippen molar-refractivity contribution in [1.82, 2.24) is 4.98 Å². The molecule has 1 heterocycles. The van der Waals surface area contributed by atoms with E-state index in [0.29, 0.717) is 11.1 Å². The Hall–Kier alpha value is -2.40. The van der Waals surface area contributed by atoms with E-state index in [1.165, 1.54) is 6.07 Å². The summed E-state index contributed by atoms with van der Waals surface area (Å²) in [4.78, 5) is 24.9. The molecule has 2 rings (SSSR count). The lowest BCUT2D eigenvalue weighted by Crippen LogP contribution is -2.11. The van der Waals surface area contributed by atoms with Crippen LogP contribution in [0, 0.1) is 0 Å². The van der Waals surface area contributed by atoms with E-state index < -0.39 is 5.97 Å². The van der Waals surface area contributed by atoms with Crippen molar-refractivity contribution in [2.45, 2.75) is 6.61 Å². The van der Waals surface area contributed by atoms with Crippen molar-refractivity contribution >= 4 is 5.97 Å². The number of H-pyrrole nitrogens is 1. The van der Waals surface area contributed by atoms with Crippen LogP contribution in [0.25, 0.3) is 11.1 Å². The summed E-state index contributed by atoms with van der Waals surface area (Å²) in [7, 11) is 0. The fraction of sp³-hybridized carbons (Fsp3) is 0.0769. The van der Waals surface area contributed by atoms with Crippen molar-refractivity contribution in [3.05, 3.63) is 58.0 Å². The smallest absolute Gasteiger partial charge is 0.337 e. The van der Waals surface area contributed by atoms with Crippen LogP contribution in [0.5, 0.6) is 0 Å². The van der Waals surface area contributed by atoms with E-state index in [9.17, 15) is 9.59 Å². The Morgan fingerprint density at radius 2 is 2.06 bits per heavy atom. The number of aliphatic hydroxyl groups is 1. The van der Waals surface area contributed by atoms with Gasteiger partial charge in [0, 0.05) is 11.8 Å². The number of carboxylic acids is 1. The molecule has 0 aliphatic heterocycles. The fourth-order valence-corrected chi connectivity index (χ4v) is 1.66. The van der Waals surface area contributed by atoms with Crippen LogP contribution in [0.15, 0.2) is 41.3 Å². The van der Waals surface area contributed by atoms with E-state index in [4.69, 9.17) is 10.2 Å². The van der Waals surface area contributed by atoms with Gasteiger partial charge in [0.1, 0.15) is 0 Å². The molecule has 3 N–H and O–H groups in total. The number of hydrogen-bond acceptors (Lipinski definition) is 3. The molecular formula is C13H11NO4. The van der Waals surface area contributed by atoms with E-state index in [0.717, 1.165) is 6.20 Å². The highest BCUT2D eigenvalue weighted by molar-refractivity contribution is 5.88. The van der Waals surface area contributed by atoms with Crippen LogP contribution in [0.1, 0.15) is 15.9 Å². The van der Waals surface area contributed by atoms with Gasteiger partial charge in [-0.05, 0) is 23.3 Å². The molecule has 0 bridgehead atoms. The number of aromatic amines is 1. The molecule has 2 aromatic rings. The van der Waals surface area contributed by atoms with Gasteiger partial charge >= 0.3 is 5.97 Å². The van der Waals surface area contributed by atoms with Crippen LogP contribution in [0.3, 0.4) is 0 Å². The second-order valence-electron chi connectivity index (χ2n) is 3.79. The number of pyridine rings is 1. The summed E-state index contributed by atoms with van der Waals surface area (Å²) < 4.78 is 0. The van der Waals surface area contributed by atoms with Crippen molar-refractivity contribution in [1.29, 1.82) is 0 Å². The lowest BCUT2D eigenvalue weighted by atomic mass is 10.0. The summed E-state index contributed by atoms with van der Waals surface area (Å²) in [6.07, 6.45) is 1.16. The molecule has 0 atom stereocenters. The standard InChI is InChI=1S/C13H11NO4/c15-7-8-2-1-3-9(4-8)11-5-10(13(17)18)6-14-12(11)16/h1-6,15H,7H2,(H,14,16)(H,17,18). The Morgan fingerprint density at radius 1 is 1.28 bits per heavy atom. The molecule has 0 unspecified atom stereocenters. The van der Waals surface area contributed by atoms with Gasteiger partial charge < -0.3 is 15.2 Å². The number of benzene rings is 1. The minimum Gasteiger partial charge on any atom is -0.478 e. The van der Waals surface area contributed by atoms with Crippen molar-refractivity contribution < 1.29 is 15.0 Å². The Kier molecular flexibility index (Phi) is 3.25. The van der Waals surface area contributed by atoms with E-state index in [-0.39, 0.29) is 23.3 Å². The Morgan fingerprint density at radius 3 is 2.72 bits per heavy atom. The predicted molar refractivity (Wildman–Crippen MR) is 65.4 cm³/mol. The summed E-state index contributed by atoms with van der Waals surface area (Å²) in [6.45, 7) is -0.135. The van der Waals surface area contributed by atoms with Crippen LogP contribution in [-0.2, 0) is 6.61 Å². The van der Waals surface area contributed by atoms with Gasteiger partial charge in [0.2, 0.25) is 0 Å². The van der Waals surface area contributed by atoms with Crippen LogP contribution in [0.2, 0.25) is 0 Å². The number of aliphatic hydroxyl groups excluding tert-OH is 1. The second kappa shape index (κ2) is 4.85. The molecule has 5 nitrogen and oxygen atoms in total. The van der Waals surface area contributed by atoms with Crippen molar-refractivity contribution in [2.24, 2.45) is 0 Å². The van der Waals surface area contributed by atoms with Crippen LogP contribution < -0.4 is 5.56 Å². The largest absolute Gasteiger partial charge is 0.478 e. The SMILES string of the molecule is O=C(O)c1c[nH]c(=O)c(-c2cccc(CO)c2)c1. The zero-order valence-electron chi connectivity index (χ0n) is 9.38. The molecule has 0 spiro atoms. The molecule has 5 heteroatoms. The van der Waals surface area contributed by atoms with Gasteiger partial charge in [-0.15, -0.1) is 0 Å². The van der Waals surface area contributed by atoms with Gasteiger partial charge in [0.25, 0.3) is 5.56 Å². The monoisotopic (exact) mass is 245 g/mol. The number of carbonyl (C=O) groups is 1. The first kappa shape index (κ1) is 12.1. The van der Waals surface area contributed by atoms with Gasteiger partial charge in [-0.1, -0.05) is 18.2 Å². The molecule has 1 aromatic carbocycles. The zero-order valence-corrected chi connectivity index (χ0v) is 9.38. The van der Waals surface area contributed by atoms with Crippen molar-refractivity contribution in [3.63, 3.8) is 0 Å². The number of nitrogens with one attached hydrogen (secondary N) is 1. The Labute approximate surface area is 102 Å². The molecular weight excluding hydrogens is 234 g/mol. The maximum Gasteiger partial charge on any atom is 0.337 e. The molecule has 0 aliphatic rings. The van der Waals surface area contributed by atoms with Gasteiger partial charge in [-0.2, -0.15) is 0 Å². The van der Waals surface area contributed by atoms with E-state index >= 15 is 0 Å². The molecule has 0 saturated heterocycles. The van der Waals surface area contributed by atoms with Crippen LogP contribution in [-0.4, -0.2) is 21.2 Å². The highest BCUT2D eigenvalue weighted by Crippen LogP contribution is 2.17. The summed E-state index contributed by atoms with van der Waals surface area (Å²) >= 11 is 0. The lowest BCUT2D eigenvalue weighted by Gasteiger charge is -2.04. The minimum absolute atomic E-state index is 0.0130. The van der Waals surface area contributed by atoms with E-state index in [1.807, 2.05) is 0 Å². The summed E-state index contributed by atoms with van der Waals surface area (Å²) in [5, 5.41) is 17.9. The Balaban J connectivity index is 2.58. The number of rotatable bonds is 3.